The van der Waals surface area contributed by atoms with Crippen LogP contribution in [-0.4, -0.2) is 46.4 Å². The van der Waals surface area contributed by atoms with E-state index >= 15 is 0 Å². The third-order valence-electron chi connectivity index (χ3n) is 3.92. The minimum Gasteiger partial charge on any atom is -0.445 e. The maximum Gasteiger partial charge on any atom is 0.410 e. The summed E-state index contributed by atoms with van der Waals surface area (Å²) in [6, 6.07) is 8.32. The van der Waals surface area contributed by atoms with Crippen molar-refractivity contribution < 1.29 is 28.8 Å². The van der Waals surface area contributed by atoms with E-state index in [2.05, 4.69) is 0 Å². The third-order valence-corrected chi connectivity index (χ3v) is 3.92. The highest BCUT2D eigenvalue weighted by Gasteiger charge is 2.43. The van der Waals surface area contributed by atoms with E-state index in [0.717, 1.165) is 5.56 Å². The highest BCUT2D eigenvalue weighted by molar-refractivity contribution is 6.02. The van der Waals surface area contributed by atoms with Crippen molar-refractivity contribution in [2.75, 3.05) is 6.54 Å². The lowest BCUT2D eigenvalue weighted by atomic mass is 10.1. The molecule has 0 N–H and O–H groups in total. The number of hydroxylamine groups is 2. The molecule has 0 saturated carbocycles. The molecule has 3 rings (SSSR count). The van der Waals surface area contributed by atoms with Crippen LogP contribution in [0, 0.1) is 0 Å². The van der Waals surface area contributed by atoms with Crippen LogP contribution < -0.4 is 0 Å². The fourth-order valence-corrected chi connectivity index (χ4v) is 2.46. The zero-order valence-corrected chi connectivity index (χ0v) is 12.8. The topological polar surface area (TPSA) is 93.2 Å². The summed E-state index contributed by atoms with van der Waals surface area (Å²) in [5, 5.41) is 0.480. The van der Waals surface area contributed by atoms with Crippen LogP contribution in [0.3, 0.4) is 0 Å². The molecular formula is C16H16N2O6. The van der Waals surface area contributed by atoms with Gasteiger partial charge in [-0.15, -0.1) is 5.06 Å². The molecule has 0 aliphatic carbocycles. The van der Waals surface area contributed by atoms with Crippen molar-refractivity contribution in [1.82, 2.24) is 9.96 Å². The van der Waals surface area contributed by atoms with Gasteiger partial charge in [0.15, 0.2) is 0 Å². The Kier molecular flexibility index (Phi) is 4.45. The molecule has 1 aromatic carbocycles. The van der Waals surface area contributed by atoms with Crippen LogP contribution in [-0.2, 0) is 30.6 Å². The molecule has 2 heterocycles. The highest BCUT2D eigenvalue weighted by Crippen LogP contribution is 2.22. The van der Waals surface area contributed by atoms with Crippen LogP contribution >= 0.6 is 0 Å². The molecule has 0 radical (unpaired) electrons. The molecule has 1 aromatic rings. The number of likely N-dealkylation sites (tertiary alicyclic amines) is 1. The predicted octanol–water partition coefficient (Wildman–Crippen LogP) is 1.00. The summed E-state index contributed by atoms with van der Waals surface area (Å²) in [5.74, 6) is -1.90. The molecule has 2 fully saturated rings. The summed E-state index contributed by atoms with van der Waals surface area (Å²) in [7, 11) is 0. The normalized spacial score (nSPS) is 19.9. The van der Waals surface area contributed by atoms with Gasteiger partial charge in [-0.1, -0.05) is 30.3 Å². The third kappa shape index (κ3) is 3.22. The standard InChI is InChI=1S/C16H16N2O6/c19-13-6-7-14(20)18(13)24-15(21)12-8-9-17(12)16(22)23-10-11-4-2-1-3-5-11/h1-5,12H,6-10H2/t12-/m0/s1. The first kappa shape index (κ1) is 16.0. The number of nitrogens with zero attached hydrogens (tertiary/aromatic N) is 2. The Balaban J connectivity index is 1.52. The van der Waals surface area contributed by atoms with Crippen LogP contribution in [0.1, 0.15) is 24.8 Å². The number of benzene rings is 1. The molecule has 2 aliphatic heterocycles. The van der Waals surface area contributed by atoms with Crippen molar-refractivity contribution in [3.63, 3.8) is 0 Å². The van der Waals surface area contributed by atoms with Gasteiger partial charge in [0.2, 0.25) is 0 Å². The van der Waals surface area contributed by atoms with E-state index in [1.807, 2.05) is 30.3 Å². The maximum atomic E-state index is 12.0. The maximum absolute atomic E-state index is 12.0. The second kappa shape index (κ2) is 6.69. The van der Waals surface area contributed by atoms with Gasteiger partial charge in [-0.3, -0.25) is 14.5 Å². The molecule has 24 heavy (non-hydrogen) atoms. The van der Waals surface area contributed by atoms with E-state index in [1.54, 1.807) is 0 Å². The van der Waals surface area contributed by atoms with Crippen LogP contribution in [0.2, 0.25) is 0 Å². The van der Waals surface area contributed by atoms with Gasteiger partial charge < -0.3 is 9.57 Å². The number of ether oxygens (including phenoxy) is 1. The molecular weight excluding hydrogens is 316 g/mol. The van der Waals surface area contributed by atoms with Gasteiger partial charge >= 0.3 is 12.1 Å². The highest BCUT2D eigenvalue weighted by atomic mass is 16.7. The van der Waals surface area contributed by atoms with Crippen LogP contribution in [0.15, 0.2) is 30.3 Å². The molecule has 126 valence electrons. The number of rotatable bonds is 4. The quantitative estimate of drug-likeness (QED) is 0.764. The molecule has 2 saturated heterocycles. The smallest absolute Gasteiger partial charge is 0.410 e. The van der Waals surface area contributed by atoms with E-state index in [9.17, 15) is 19.2 Å². The molecule has 1 atom stereocenters. The first-order chi connectivity index (χ1) is 11.6. The van der Waals surface area contributed by atoms with Crippen molar-refractivity contribution >= 4 is 23.9 Å². The SMILES string of the molecule is O=C(ON1C(=O)CCC1=O)[C@@H]1CCN1C(=O)OCc1ccccc1. The summed E-state index contributed by atoms with van der Waals surface area (Å²) < 4.78 is 5.16. The Labute approximate surface area is 137 Å². The summed E-state index contributed by atoms with van der Waals surface area (Å²) in [6.45, 7) is 0.455. The lowest BCUT2D eigenvalue weighted by Gasteiger charge is -2.37. The Bertz CT molecular complexity index is 658. The number of imide groups is 1. The van der Waals surface area contributed by atoms with Crippen LogP contribution in [0.5, 0.6) is 0 Å². The number of hydrogen-bond acceptors (Lipinski definition) is 6. The van der Waals surface area contributed by atoms with Crippen molar-refractivity contribution in [2.24, 2.45) is 0 Å². The van der Waals surface area contributed by atoms with Crippen LogP contribution in [0.4, 0.5) is 4.79 Å². The second-order valence-corrected chi connectivity index (χ2v) is 5.53. The molecule has 0 bridgehead atoms. The Morgan fingerprint density at radius 1 is 1.08 bits per heavy atom. The molecule has 8 nitrogen and oxygen atoms in total. The first-order valence-corrected chi connectivity index (χ1v) is 7.61. The monoisotopic (exact) mass is 332 g/mol. The van der Waals surface area contributed by atoms with E-state index in [1.165, 1.54) is 4.90 Å². The first-order valence-electron chi connectivity index (χ1n) is 7.61. The van der Waals surface area contributed by atoms with E-state index in [-0.39, 0.29) is 19.4 Å². The van der Waals surface area contributed by atoms with Gasteiger partial charge in [0.25, 0.3) is 11.8 Å². The van der Waals surface area contributed by atoms with E-state index in [0.29, 0.717) is 18.0 Å². The average Bonchev–Trinajstić information content (AvgIpc) is 2.85. The Hall–Kier alpha value is -2.90. The number of amides is 3. The average molecular weight is 332 g/mol. The van der Waals surface area contributed by atoms with Gasteiger partial charge in [-0.25, -0.2) is 9.59 Å². The minimum absolute atomic E-state index is 0.0274. The zero-order chi connectivity index (χ0) is 17.1. The molecule has 0 spiro atoms. The Morgan fingerprint density at radius 2 is 1.75 bits per heavy atom. The fraction of sp³-hybridized carbons (Fsp3) is 0.375. The summed E-state index contributed by atoms with van der Waals surface area (Å²) in [4.78, 5) is 53.0. The van der Waals surface area contributed by atoms with Crippen molar-refractivity contribution in [1.29, 1.82) is 0 Å². The molecule has 8 heteroatoms. The number of carbonyl (C=O) groups is 4. The van der Waals surface area contributed by atoms with E-state index in [4.69, 9.17) is 9.57 Å². The van der Waals surface area contributed by atoms with Gasteiger partial charge in [-0.05, 0) is 12.0 Å². The lowest BCUT2D eigenvalue weighted by Crippen LogP contribution is -2.56. The fourth-order valence-electron chi connectivity index (χ4n) is 2.46. The van der Waals surface area contributed by atoms with Gasteiger partial charge in [-0.2, -0.15) is 0 Å². The molecule has 0 aromatic heterocycles. The van der Waals surface area contributed by atoms with Gasteiger partial charge in [0, 0.05) is 19.4 Å². The number of carbonyl (C=O) groups excluding carboxylic acids is 4. The van der Waals surface area contributed by atoms with Gasteiger partial charge in [0.1, 0.15) is 12.6 Å². The van der Waals surface area contributed by atoms with Crippen molar-refractivity contribution in [3.05, 3.63) is 35.9 Å². The van der Waals surface area contributed by atoms with Crippen molar-refractivity contribution in [3.8, 4) is 0 Å². The van der Waals surface area contributed by atoms with Crippen molar-refractivity contribution in [2.45, 2.75) is 31.9 Å². The number of hydrogen-bond donors (Lipinski definition) is 0. The van der Waals surface area contributed by atoms with E-state index < -0.39 is 29.9 Å². The second-order valence-electron chi connectivity index (χ2n) is 5.53. The minimum atomic E-state index is -0.838. The summed E-state index contributed by atoms with van der Waals surface area (Å²) in [6.07, 6.45) is -0.180. The van der Waals surface area contributed by atoms with Crippen LogP contribution in [0.25, 0.3) is 0 Å². The zero-order valence-electron chi connectivity index (χ0n) is 12.8. The molecule has 0 unspecified atom stereocenters. The Morgan fingerprint density at radius 3 is 2.33 bits per heavy atom. The largest absolute Gasteiger partial charge is 0.445 e. The molecule has 2 aliphatic rings. The van der Waals surface area contributed by atoms with Gasteiger partial charge in [0.05, 0.1) is 0 Å². The lowest BCUT2D eigenvalue weighted by molar-refractivity contribution is -0.203. The predicted molar refractivity (Wildman–Crippen MR) is 78.9 cm³/mol. The summed E-state index contributed by atoms with van der Waals surface area (Å²) in [5.41, 5.74) is 0.832. The summed E-state index contributed by atoms with van der Waals surface area (Å²) >= 11 is 0. The molecule has 3 amide bonds.